The molecule has 0 aliphatic carbocycles. The van der Waals surface area contributed by atoms with Crippen molar-refractivity contribution in [3.8, 4) is 17.1 Å². The molecule has 4 rings (SSSR count). The Balaban J connectivity index is 1.81. The summed E-state index contributed by atoms with van der Waals surface area (Å²) in [6.45, 7) is 7.33. The zero-order chi connectivity index (χ0) is 19.7. The molecule has 0 unspecified atom stereocenters. The van der Waals surface area contributed by atoms with Crippen molar-refractivity contribution < 1.29 is 0 Å². The van der Waals surface area contributed by atoms with Gasteiger partial charge in [0.1, 0.15) is 0 Å². The van der Waals surface area contributed by atoms with Gasteiger partial charge in [-0.15, -0.1) is 5.10 Å². The lowest BCUT2D eigenvalue weighted by Crippen LogP contribution is -2.36. The van der Waals surface area contributed by atoms with Crippen LogP contribution in [0.15, 0.2) is 48.5 Å². The predicted octanol–water partition coefficient (Wildman–Crippen LogP) is 5.72. The lowest BCUT2D eigenvalue weighted by atomic mass is 10.0. The SMILES string of the molecule is Cc1ccccc1-n1c(-c2ccc(Cl)cc2)nn(CN2CCC[C@H](C)C2)c1=S. The Morgan fingerprint density at radius 3 is 2.61 bits per heavy atom. The Bertz CT molecular complexity index is 1020. The smallest absolute Gasteiger partial charge is 0.204 e. The summed E-state index contributed by atoms with van der Waals surface area (Å²) in [5, 5.41) is 5.65. The zero-order valence-corrected chi connectivity index (χ0v) is 17.9. The van der Waals surface area contributed by atoms with E-state index in [-0.39, 0.29) is 0 Å². The summed E-state index contributed by atoms with van der Waals surface area (Å²) in [4.78, 5) is 2.45. The van der Waals surface area contributed by atoms with Gasteiger partial charge in [0, 0.05) is 17.1 Å². The average molecular weight is 413 g/mol. The van der Waals surface area contributed by atoms with Crippen LogP contribution in [0.5, 0.6) is 0 Å². The number of hydrogen-bond acceptors (Lipinski definition) is 3. The minimum absolute atomic E-state index is 0.714. The number of hydrogen-bond donors (Lipinski definition) is 0. The predicted molar refractivity (Wildman–Crippen MR) is 118 cm³/mol. The van der Waals surface area contributed by atoms with Crippen LogP contribution in [-0.4, -0.2) is 32.3 Å². The molecule has 1 saturated heterocycles. The van der Waals surface area contributed by atoms with Crippen molar-refractivity contribution in [2.24, 2.45) is 5.92 Å². The molecule has 2 aromatic carbocycles. The van der Waals surface area contributed by atoms with Gasteiger partial charge in [-0.1, -0.05) is 36.7 Å². The fourth-order valence-corrected chi connectivity index (χ4v) is 4.33. The Labute approximate surface area is 176 Å². The minimum atomic E-state index is 0.714. The van der Waals surface area contributed by atoms with Crippen LogP contribution in [0.25, 0.3) is 17.1 Å². The maximum atomic E-state index is 6.10. The number of likely N-dealkylation sites (tertiary alicyclic amines) is 1. The van der Waals surface area contributed by atoms with Crippen LogP contribution in [0.2, 0.25) is 5.02 Å². The molecule has 2 heterocycles. The molecular weight excluding hydrogens is 388 g/mol. The van der Waals surface area contributed by atoms with Gasteiger partial charge < -0.3 is 0 Å². The van der Waals surface area contributed by atoms with Crippen molar-refractivity contribution in [2.75, 3.05) is 13.1 Å². The Kier molecular flexibility index (Phi) is 5.67. The number of rotatable bonds is 4. The van der Waals surface area contributed by atoms with Gasteiger partial charge in [-0.3, -0.25) is 9.47 Å². The molecule has 1 aliphatic heterocycles. The number of aryl methyl sites for hydroxylation is 1. The summed E-state index contributed by atoms with van der Waals surface area (Å²) in [6.07, 6.45) is 2.53. The first kappa shape index (κ1) is 19.4. The summed E-state index contributed by atoms with van der Waals surface area (Å²) >= 11 is 12.0. The van der Waals surface area contributed by atoms with E-state index in [0.29, 0.717) is 5.02 Å². The molecule has 146 valence electrons. The highest BCUT2D eigenvalue weighted by Crippen LogP contribution is 2.26. The van der Waals surface area contributed by atoms with Crippen molar-refractivity contribution in [3.05, 3.63) is 63.9 Å². The van der Waals surface area contributed by atoms with E-state index in [1.54, 1.807) is 0 Å². The van der Waals surface area contributed by atoms with E-state index < -0.39 is 0 Å². The molecule has 0 spiro atoms. The molecule has 0 N–H and O–H groups in total. The molecule has 0 amide bonds. The standard InChI is InChI=1S/C22H25ClN4S/c1-16-6-5-13-25(14-16)15-26-22(28)27(20-8-4-3-7-17(20)2)21(24-26)18-9-11-19(23)12-10-18/h3-4,7-12,16H,5-6,13-15H2,1-2H3/t16-/m0/s1. The maximum Gasteiger partial charge on any atom is 0.204 e. The van der Waals surface area contributed by atoms with Crippen LogP contribution in [0.4, 0.5) is 0 Å². The fourth-order valence-electron chi connectivity index (χ4n) is 3.92. The second-order valence-corrected chi connectivity index (χ2v) is 8.50. The third-order valence-electron chi connectivity index (χ3n) is 5.37. The topological polar surface area (TPSA) is 26.0 Å². The molecule has 0 bridgehead atoms. The summed E-state index contributed by atoms with van der Waals surface area (Å²) in [5.41, 5.74) is 3.24. The van der Waals surface area contributed by atoms with Gasteiger partial charge in [-0.05, 0) is 80.3 Å². The van der Waals surface area contributed by atoms with E-state index in [1.807, 2.05) is 41.1 Å². The van der Waals surface area contributed by atoms with Gasteiger partial charge in [-0.25, -0.2) is 4.68 Å². The minimum Gasteiger partial charge on any atom is -0.284 e. The van der Waals surface area contributed by atoms with Gasteiger partial charge >= 0.3 is 0 Å². The van der Waals surface area contributed by atoms with Gasteiger partial charge in [-0.2, -0.15) is 0 Å². The van der Waals surface area contributed by atoms with Crippen LogP contribution in [0, 0.1) is 17.6 Å². The van der Waals surface area contributed by atoms with E-state index in [2.05, 4.69) is 35.4 Å². The first-order valence-corrected chi connectivity index (χ1v) is 10.6. The van der Waals surface area contributed by atoms with E-state index in [0.717, 1.165) is 47.5 Å². The monoisotopic (exact) mass is 412 g/mol. The second-order valence-electron chi connectivity index (χ2n) is 7.70. The fraction of sp³-hybridized carbons (Fsp3) is 0.364. The molecule has 28 heavy (non-hydrogen) atoms. The van der Waals surface area contributed by atoms with Gasteiger partial charge in [0.05, 0.1) is 12.4 Å². The summed E-state index contributed by atoms with van der Waals surface area (Å²) in [6, 6.07) is 16.1. The highest BCUT2D eigenvalue weighted by Gasteiger charge is 2.20. The van der Waals surface area contributed by atoms with Crippen LogP contribution in [-0.2, 0) is 6.67 Å². The van der Waals surface area contributed by atoms with Crippen molar-refractivity contribution in [1.29, 1.82) is 0 Å². The normalized spacial score (nSPS) is 17.8. The molecule has 1 fully saturated rings. The molecule has 1 atom stereocenters. The van der Waals surface area contributed by atoms with Crippen LogP contribution in [0.3, 0.4) is 0 Å². The van der Waals surface area contributed by atoms with E-state index >= 15 is 0 Å². The lowest BCUT2D eigenvalue weighted by molar-refractivity contribution is 0.138. The molecule has 0 saturated carbocycles. The zero-order valence-electron chi connectivity index (χ0n) is 16.3. The number of para-hydroxylation sites is 1. The van der Waals surface area contributed by atoms with Gasteiger partial charge in [0.15, 0.2) is 5.82 Å². The number of halogens is 1. The van der Waals surface area contributed by atoms with E-state index in [1.165, 1.54) is 18.4 Å². The first-order valence-electron chi connectivity index (χ1n) is 9.77. The summed E-state index contributed by atoms with van der Waals surface area (Å²) in [7, 11) is 0. The largest absolute Gasteiger partial charge is 0.284 e. The van der Waals surface area contributed by atoms with E-state index in [4.69, 9.17) is 28.9 Å². The Morgan fingerprint density at radius 1 is 1.14 bits per heavy atom. The maximum absolute atomic E-state index is 6.10. The lowest BCUT2D eigenvalue weighted by Gasteiger charge is -2.30. The number of aromatic nitrogens is 3. The Hall–Kier alpha value is -1.95. The average Bonchev–Trinajstić information content (AvgIpc) is 2.99. The van der Waals surface area contributed by atoms with Crippen molar-refractivity contribution in [1.82, 2.24) is 19.2 Å². The summed E-state index contributed by atoms with van der Waals surface area (Å²) < 4.78 is 4.77. The molecule has 1 aliphatic rings. The molecule has 3 aromatic rings. The number of piperidine rings is 1. The highest BCUT2D eigenvalue weighted by molar-refractivity contribution is 7.71. The molecule has 0 radical (unpaired) electrons. The third kappa shape index (κ3) is 3.93. The van der Waals surface area contributed by atoms with Crippen LogP contribution < -0.4 is 0 Å². The third-order valence-corrected chi connectivity index (χ3v) is 6.02. The number of nitrogens with zero attached hydrogens (tertiary/aromatic N) is 4. The Morgan fingerprint density at radius 2 is 1.89 bits per heavy atom. The summed E-state index contributed by atoms with van der Waals surface area (Å²) in [5.74, 6) is 1.57. The molecular formula is C22H25ClN4S. The van der Waals surface area contributed by atoms with Gasteiger partial charge in [0.25, 0.3) is 0 Å². The first-order chi connectivity index (χ1) is 13.5. The molecule has 4 nitrogen and oxygen atoms in total. The molecule has 6 heteroatoms. The quantitative estimate of drug-likeness (QED) is 0.512. The van der Waals surface area contributed by atoms with Crippen LogP contribution in [0.1, 0.15) is 25.3 Å². The van der Waals surface area contributed by atoms with E-state index in [9.17, 15) is 0 Å². The second kappa shape index (κ2) is 8.19. The van der Waals surface area contributed by atoms with Crippen molar-refractivity contribution in [2.45, 2.75) is 33.4 Å². The van der Waals surface area contributed by atoms with Gasteiger partial charge in [0.2, 0.25) is 4.77 Å². The number of benzene rings is 2. The highest BCUT2D eigenvalue weighted by atomic mass is 35.5. The molecule has 1 aromatic heterocycles. The van der Waals surface area contributed by atoms with Crippen molar-refractivity contribution >= 4 is 23.8 Å². The van der Waals surface area contributed by atoms with Crippen LogP contribution >= 0.6 is 23.8 Å². The van der Waals surface area contributed by atoms with Crippen molar-refractivity contribution in [3.63, 3.8) is 0 Å².